The molecule has 0 radical (unpaired) electrons. The molecule has 154 valence electrons. The molecule has 29 heavy (non-hydrogen) atoms. The first-order chi connectivity index (χ1) is 13.9. The largest absolute Gasteiger partial charge is 0.485 e. The number of allylic oxidation sites excluding steroid dienone is 1. The SMILES string of the molecule is C=CCn1c(S[C@H](C(=O)NC(N)=O)C(C)C)nnc1[C@@H]1COc2ccccc2O1. The van der Waals surface area contributed by atoms with Gasteiger partial charge in [-0.3, -0.25) is 14.7 Å². The van der Waals surface area contributed by atoms with E-state index in [2.05, 4.69) is 22.1 Å². The molecule has 0 saturated carbocycles. The topological polar surface area (TPSA) is 121 Å². The zero-order chi connectivity index (χ0) is 21.0. The lowest BCUT2D eigenvalue weighted by atomic mass is 10.1. The molecule has 9 nitrogen and oxygen atoms in total. The van der Waals surface area contributed by atoms with E-state index in [1.54, 1.807) is 6.08 Å². The van der Waals surface area contributed by atoms with Gasteiger partial charge in [-0.2, -0.15) is 0 Å². The number of carbonyl (C=O) groups is 2. The van der Waals surface area contributed by atoms with E-state index in [4.69, 9.17) is 15.2 Å². The van der Waals surface area contributed by atoms with Crippen LogP contribution >= 0.6 is 11.8 Å². The molecule has 3 rings (SSSR count). The van der Waals surface area contributed by atoms with Crippen molar-refractivity contribution in [1.29, 1.82) is 0 Å². The number of carbonyl (C=O) groups excluding carboxylic acids is 2. The van der Waals surface area contributed by atoms with Crippen LogP contribution in [0, 0.1) is 5.92 Å². The second kappa shape index (κ2) is 8.99. The maximum Gasteiger partial charge on any atom is 0.318 e. The van der Waals surface area contributed by atoms with E-state index in [1.165, 1.54) is 11.8 Å². The molecule has 10 heteroatoms. The zero-order valence-corrected chi connectivity index (χ0v) is 17.0. The second-order valence-corrected chi connectivity index (χ2v) is 7.85. The zero-order valence-electron chi connectivity index (χ0n) is 16.2. The molecule has 1 aliphatic heterocycles. The average Bonchev–Trinajstić information content (AvgIpc) is 3.07. The van der Waals surface area contributed by atoms with E-state index in [0.29, 0.717) is 29.0 Å². The summed E-state index contributed by atoms with van der Waals surface area (Å²) in [6, 6.07) is 6.52. The molecular weight excluding hydrogens is 394 g/mol. The van der Waals surface area contributed by atoms with Crippen LogP contribution in [-0.2, 0) is 11.3 Å². The number of aromatic nitrogens is 3. The Morgan fingerprint density at radius 2 is 2.10 bits per heavy atom. The van der Waals surface area contributed by atoms with Crippen LogP contribution in [-0.4, -0.2) is 38.6 Å². The Labute approximate surface area is 172 Å². The van der Waals surface area contributed by atoms with Crippen molar-refractivity contribution < 1.29 is 19.1 Å². The lowest BCUT2D eigenvalue weighted by Gasteiger charge is -2.26. The van der Waals surface area contributed by atoms with Crippen LogP contribution in [0.15, 0.2) is 42.1 Å². The third-order valence-corrected chi connectivity index (χ3v) is 5.72. The Hall–Kier alpha value is -3.01. The van der Waals surface area contributed by atoms with Gasteiger partial charge in [0.2, 0.25) is 5.91 Å². The van der Waals surface area contributed by atoms with E-state index in [9.17, 15) is 9.59 Å². The molecule has 2 aromatic rings. The number of imide groups is 1. The Morgan fingerprint density at radius 3 is 2.76 bits per heavy atom. The van der Waals surface area contributed by atoms with Crippen LogP contribution in [0.1, 0.15) is 25.8 Å². The number of hydrogen-bond donors (Lipinski definition) is 2. The number of amides is 3. The Balaban J connectivity index is 1.86. The van der Waals surface area contributed by atoms with Crippen LogP contribution in [0.5, 0.6) is 11.5 Å². The van der Waals surface area contributed by atoms with Crippen molar-refractivity contribution in [2.75, 3.05) is 6.61 Å². The van der Waals surface area contributed by atoms with Gasteiger partial charge in [0.15, 0.2) is 28.6 Å². The second-order valence-electron chi connectivity index (χ2n) is 6.74. The van der Waals surface area contributed by atoms with Gasteiger partial charge < -0.3 is 15.2 Å². The molecule has 3 N–H and O–H groups in total. The average molecular weight is 417 g/mol. The van der Waals surface area contributed by atoms with Gasteiger partial charge in [0, 0.05) is 6.54 Å². The fraction of sp³-hybridized carbons (Fsp3) is 0.368. The number of thioether (sulfide) groups is 1. The van der Waals surface area contributed by atoms with Gasteiger partial charge in [-0.25, -0.2) is 4.79 Å². The molecule has 3 amide bonds. The van der Waals surface area contributed by atoms with Gasteiger partial charge in [-0.05, 0) is 18.1 Å². The predicted molar refractivity (Wildman–Crippen MR) is 108 cm³/mol. The van der Waals surface area contributed by atoms with Crippen LogP contribution in [0.2, 0.25) is 0 Å². The van der Waals surface area contributed by atoms with Crippen molar-refractivity contribution in [2.24, 2.45) is 11.7 Å². The summed E-state index contributed by atoms with van der Waals surface area (Å²) in [5, 5.41) is 10.6. The van der Waals surface area contributed by atoms with Crippen LogP contribution in [0.3, 0.4) is 0 Å². The molecule has 0 unspecified atom stereocenters. The summed E-state index contributed by atoms with van der Waals surface area (Å²) in [6.45, 7) is 8.25. The molecule has 0 bridgehead atoms. The summed E-state index contributed by atoms with van der Waals surface area (Å²) in [5.41, 5.74) is 5.09. The number of para-hydroxylation sites is 2. The number of primary amides is 1. The van der Waals surface area contributed by atoms with E-state index in [1.807, 2.05) is 42.7 Å². The first kappa shape index (κ1) is 20.7. The summed E-state index contributed by atoms with van der Waals surface area (Å²) in [4.78, 5) is 23.4. The van der Waals surface area contributed by atoms with Gasteiger partial charge >= 0.3 is 6.03 Å². The van der Waals surface area contributed by atoms with Crippen molar-refractivity contribution in [1.82, 2.24) is 20.1 Å². The summed E-state index contributed by atoms with van der Waals surface area (Å²) in [6.07, 6.45) is 1.26. The molecule has 2 heterocycles. The van der Waals surface area contributed by atoms with Crippen molar-refractivity contribution >= 4 is 23.7 Å². The molecule has 0 aliphatic carbocycles. The van der Waals surface area contributed by atoms with E-state index < -0.39 is 23.3 Å². The Bertz CT molecular complexity index is 914. The fourth-order valence-electron chi connectivity index (χ4n) is 2.87. The number of fused-ring (bicyclic) bond motifs is 1. The predicted octanol–water partition coefficient (Wildman–Crippen LogP) is 2.29. The van der Waals surface area contributed by atoms with E-state index in [0.717, 1.165) is 0 Å². The summed E-state index contributed by atoms with van der Waals surface area (Å²) in [5.74, 6) is 1.33. The summed E-state index contributed by atoms with van der Waals surface area (Å²) < 4.78 is 13.6. The number of ether oxygens (including phenoxy) is 2. The number of benzene rings is 1. The quantitative estimate of drug-likeness (QED) is 0.523. The molecular formula is C19H23N5O4S. The third kappa shape index (κ3) is 4.70. The highest BCUT2D eigenvalue weighted by Crippen LogP contribution is 2.36. The molecule has 0 spiro atoms. The van der Waals surface area contributed by atoms with Crippen LogP contribution in [0.25, 0.3) is 0 Å². The molecule has 1 aliphatic rings. The summed E-state index contributed by atoms with van der Waals surface area (Å²) >= 11 is 1.21. The lowest BCUT2D eigenvalue weighted by Crippen LogP contribution is -2.42. The van der Waals surface area contributed by atoms with Gasteiger partial charge in [0.1, 0.15) is 6.61 Å². The van der Waals surface area contributed by atoms with E-state index in [-0.39, 0.29) is 12.5 Å². The summed E-state index contributed by atoms with van der Waals surface area (Å²) in [7, 11) is 0. The van der Waals surface area contributed by atoms with Crippen molar-refractivity contribution in [2.45, 2.75) is 36.9 Å². The van der Waals surface area contributed by atoms with Gasteiger partial charge in [0.25, 0.3) is 0 Å². The fourth-order valence-corrected chi connectivity index (χ4v) is 3.92. The van der Waals surface area contributed by atoms with Crippen molar-refractivity contribution in [3.8, 4) is 11.5 Å². The minimum atomic E-state index is -0.888. The van der Waals surface area contributed by atoms with Gasteiger partial charge in [-0.1, -0.05) is 43.8 Å². The maximum atomic E-state index is 12.4. The number of nitrogens with zero attached hydrogens (tertiary/aromatic N) is 3. The molecule has 0 fully saturated rings. The van der Waals surface area contributed by atoms with Gasteiger partial charge in [-0.15, -0.1) is 16.8 Å². The Kier molecular flexibility index (Phi) is 6.42. The number of nitrogens with one attached hydrogen (secondary N) is 1. The van der Waals surface area contributed by atoms with Crippen LogP contribution in [0.4, 0.5) is 4.79 Å². The first-order valence-corrected chi connectivity index (χ1v) is 9.98. The van der Waals surface area contributed by atoms with Crippen molar-refractivity contribution in [3.05, 3.63) is 42.7 Å². The standard InChI is InChI=1S/C19H23N5O4S/c1-4-9-24-16(14-10-27-12-7-5-6-8-13(12)28-14)22-23-19(24)29-15(11(2)3)17(25)21-18(20)26/h4-8,11,14-15H,1,9-10H2,2-3H3,(H3,20,21,25,26)/t14-,15-/m0/s1. The highest BCUT2D eigenvalue weighted by atomic mass is 32.2. The lowest BCUT2D eigenvalue weighted by molar-refractivity contribution is -0.120. The molecule has 2 atom stereocenters. The number of nitrogens with two attached hydrogens (primary N) is 1. The third-order valence-electron chi connectivity index (χ3n) is 4.20. The minimum Gasteiger partial charge on any atom is -0.485 e. The highest BCUT2D eigenvalue weighted by molar-refractivity contribution is 8.00. The minimum absolute atomic E-state index is 0.0715. The monoisotopic (exact) mass is 417 g/mol. The molecule has 1 aromatic heterocycles. The van der Waals surface area contributed by atoms with Crippen LogP contribution < -0.4 is 20.5 Å². The van der Waals surface area contributed by atoms with Gasteiger partial charge in [0.05, 0.1) is 5.25 Å². The molecule has 0 saturated heterocycles. The number of rotatable bonds is 7. The number of urea groups is 1. The molecule has 1 aromatic carbocycles. The maximum absolute atomic E-state index is 12.4. The highest BCUT2D eigenvalue weighted by Gasteiger charge is 2.31. The number of hydrogen-bond acceptors (Lipinski definition) is 7. The van der Waals surface area contributed by atoms with E-state index >= 15 is 0 Å². The first-order valence-electron chi connectivity index (χ1n) is 9.10. The Morgan fingerprint density at radius 1 is 1.38 bits per heavy atom. The van der Waals surface area contributed by atoms with Crippen molar-refractivity contribution in [3.63, 3.8) is 0 Å². The smallest absolute Gasteiger partial charge is 0.318 e. The normalized spacial score (nSPS) is 16.3.